The zero-order valence-electron chi connectivity index (χ0n) is 14.4. The normalized spacial score (nSPS) is 11.5. The molecule has 0 bridgehead atoms. The van der Waals surface area contributed by atoms with Crippen LogP contribution in [0.3, 0.4) is 0 Å². The summed E-state index contributed by atoms with van der Waals surface area (Å²) >= 11 is 1.02. The molecule has 0 aliphatic heterocycles. The summed E-state index contributed by atoms with van der Waals surface area (Å²) in [5, 5.41) is 13.2. The first kappa shape index (κ1) is 20.4. The van der Waals surface area contributed by atoms with Gasteiger partial charge in [-0.25, -0.2) is 4.39 Å². The average molecular weight is 392 g/mol. The number of nitro benzene ring substituents is 1. The van der Waals surface area contributed by atoms with E-state index in [0.29, 0.717) is 5.56 Å². The molecule has 0 aliphatic rings. The predicted molar refractivity (Wildman–Crippen MR) is 100.0 cm³/mol. The number of carbonyl (C=O) groups is 2. The minimum atomic E-state index is -0.662. The summed E-state index contributed by atoms with van der Waals surface area (Å²) in [6, 6.07) is 11.6. The van der Waals surface area contributed by atoms with Gasteiger partial charge in [-0.05, 0) is 24.6 Å². The number of hydrogen-bond donors (Lipinski definition) is 1. The van der Waals surface area contributed by atoms with Crippen LogP contribution in [0.4, 0.5) is 15.8 Å². The van der Waals surface area contributed by atoms with Gasteiger partial charge in [0.2, 0.25) is 5.91 Å². The molecule has 1 amide bonds. The van der Waals surface area contributed by atoms with Crippen LogP contribution < -0.4 is 5.32 Å². The Hall–Kier alpha value is -2.94. The van der Waals surface area contributed by atoms with Gasteiger partial charge in [0.25, 0.3) is 5.69 Å². The van der Waals surface area contributed by atoms with Gasteiger partial charge in [-0.2, -0.15) is 0 Å². The Labute approximate surface area is 159 Å². The fourth-order valence-electron chi connectivity index (χ4n) is 2.17. The fourth-order valence-corrected chi connectivity index (χ4v) is 2.76. The summed E-state index contributed by atoms with van der Waals surface area (Å²) in [7, 11) is 0. The zero-order chi connectivity index (χ0) is 19.8. The van der Waals surface area contributed by atoms with Gasteiger partial charge in [0.15, 0.2) is 0 Å². The maximum atomic E-state index is 13.4. The number of carbonyl (C=O) groups excluding carboxylic acids is 2. The van der Waals surface area contributed by atoms with Gasteiger partial charge in [-0.15, -0.1) is 11.8 Å². The Morgan fingerprint density at radius 3 is 2.67 bits per heavy atom. The van der Waals surface area contributed by atoms with Crippen LogP contribution in [-0.4, -0.2) is 28.3 Å². The molecule has 27 heavy (non-hydrogen) atoms. The molecular formula is C18H17FN2O5S. The SMILES string of the molecule is C[C@@H](OC(=O)CSCC(=O)Nc1ccccc1F)c1cccc([N+](=O)[O-])c1. The van der Waals surface area contributed by atoms with Crippen molar-refractivity contribution in [2.24, 2.45) is 0 Å². The minimum Gasteiger partial charge on any atom is -0.457 e. The second-order valence-corrected chi connectivity index (χ2v) is 6.49. The van der Waals surface area contributed by atoms with E-state index < -0.39 is 28.7 Å². The van der Waals surface area contributed by atoms with Crippen LogP contribution >= 0.6 is 11.8 Å². The molecule has 1 N–H and O–H groups in total. The molecule has 2 rings (SSSR count). The molecule has 0 saturated carbocycles. The molecule has 0 aromatic heterocycles. The molecule has 142 valence electrons. The largest absolute Gasteiger partial charge is 0.457 e. The molecule has 1 atom stereocenters. The Balaban J connectivity index is 1.77. The van der Waals surface area contributed by atoms with E-state index in [0.717, 1.165) is 11.8 Å². The van der Waals surface area contributed by atoms with E-state index in [4.69, 9.17) is 4.74 Å². The summed E-state index contributed by atoms with van der Waals surface area (Å²) in [5.41, 5.74) is 0.486. The monoisotopic (exact) mass is 392 g/mol. The van der Waals surface area contributed by atoms with Crippen LogP contribution in [0.25, 0.3) is 0 Å². The third-order valence-electron chi connectivity index (χ3n) is 3.46. The van der Waals surface area contributed by atoms with E-state index in [-0.39, 0.29) is 22.9 Å². The van der Waals surface area contributed by atoms with Gasteiger partial charge in [0.1, 0.15) is 11.9 Å². The quantitative estimate of drug-likeness (QED) is 0.418. The van der Waals surface area contributed by atoms with Crippen molar-refractivity contribution in [1.82, 2.24) is 0 Å². The van der Waals surface area contributed by atoms with Crippen molar-refractivity contribution >= 4 is 35.0 Å². The van der Waals surface area contributed by atoms with E-state index in [2.05, 4.69) is 5.32 Å². The summed E-state index contributed by atoms with van der Waals surface area (Å²) in [6.07, 6.45) is -0.662. The highest BCUT2D eigenvalue weighted by atomic mass is 32.2. The summed E-state index contributed by atoms with van der Waals surface area (Å²) in [4.78, 5) is 33.9. The molecule has 0 radical (unpaired) electrons. The highest BCUT2D eigenvalue weighted by molar-refractivity contribution is 8.00. The number of hydrogen-bond acceptors (Lipinski definition) is 6. The molecule has 7 nitrogen and oxygen atoms in total. The van der Waals surface area contributed by atoms with Crippen LogP contribution in [0.2, 0.25) is 0 Å². The predicted octanol–water partition coefficient (Wildman–Crippen LogP) is 3.71. The molecule has 0 spiro atoms. The molecular weight excluding hydrogens is 375 g/mol. The number of nitrogens with zero attached hydrogens (tertiary/aromatic N) is 1. The fraction of sp³-hybridized carbons (Fsp3) is 0.222. The second kappa shape index (κ2) is 9.67. The molecule has 2 aromatic rings. The topological polar surface area (TPSA) is 98.5 Å². The van der Waals surface area contributed by atoms with Crippen LogP contribution in [0.5, 0.6) is 0 Å². The molecule has 0 aliphatic carbocycles. The Kier molecular flexibility index (Phi) is 7.30. The zero-order valence-corrected chi connectivity index (χ0v) is 15.2. The minimum absolute atomic E-state index is 0.0470. The van der Waals surface area contributed by atoms with Crippen LogP contribution in [-0.2, 0) is 14.3 Å². The number of amides is 1. The molecule has 9 heteroatoms. The molecule has 0 heterocycles. The van der Waals surface area contributed by atoms with E-state index in [1.807, 2.05) is 0 Å². The molecule has 0 unspecified atom stereocenters. The van der Waals surface area contributed by atoms with Gasteiger partial charge in [0.05, 0.1) is 22.1 Å². The standard InChI is InChI=1S/C18H17FN2O5S/c1-12(13-5-4-6-14(9-13)21(24)25)26-18(23)11-27-10-17(22)20-16-8-3-2-7-15(16)19/h2-9,12H,10-11H2,1H3,(H,20,22)/t12-/m1/s1. The Morgan fingerprint density at radius 2 is 1.96 bits per heavy atom. The number of nitrogens with one attached hydrogen (secondary N) is 1. The number of halogens is 1. The van der Waals surface area contributed by atoms with Crippen molar-refractivity contribution in [2.45, 2.75) is 13.0 Å². The maximum absolute atomic E-state index is 13.4. The average Bonchev–Trinajstić information content (AvgIpc) is 2.63. The molecule has 0 saturated heterocycles. The number of esters is 1. The molecule has 0 fully saturated rings. The van der Waals surface area contributed by atoms with Gasteiger partial charge >= 0.3 is 5.97 Å². The first-order valence-electron chi connectivity index (χ1n) is 7.93. The summed E-state index contributed by atoms with van der Waals surface area (Å²) in [5.74, 6) is -1.66. The van der Waals surface area contributed by atoms with Crippen molar-refractivity contribution in [2.75, 3.05) is 16.8 Å². The lowest BCUT2D eigenvalue weighted by Gasteiger charge is -2.13. The number of ether oxygens (including phenoxy) is 1. The Bertz CT molecular complexity index is 846. The van der Waals surface area contributed by atoms with Crippen LogP contribution in [0.15, 0.2) is 48.5 Å². The molecule has 2 aromatic carbocycles. The number of para-hydroxylation sites is 1. The van der Waals surface area contributed by atoms with E-state index in [1.165, 1.54) is 36.4 Å². The smallest absolute Gasteiger partial charge is 0.316 e. The number of benzene rings is 2. The van der Waals surface area contributed by atoms with Crippen molar-refractivity contribution < 1.29 is 23.6 Å². The lowest BCUT2D eigenvalue weighted by Crippen LogP contribution is -2.17. The first-order valence-corrected chi connectivity index (χ1v) is 9.08. The number of anilines is 1. The van der Waals surface area contributed by atoms with Crippen LogP contribution in [0.1, 0.15) is 18.6 Å². The highest BCUT2D eigenvalue weighted by Crippen LogP contribution is 2.22. The van der Waals surface area contributed by atoms with Gasteiger partial charge < -0.3 is 10.1 Å². The Morgan fingerprint density at radius 1 is 1.22 bits per heavy atom. The van der Waals surface area contributed by atoms with Crippen LogP contribution in [0, 0.1) is 15.9 Å². The number of nitro groups is 1. The summed E-state index contributed by atoms with van der Waals surface area (Å²) < 4.78 is 18.7. The second-order valence-electron chi connectivity index (χ2n) is 5.51. The van der Waals surface area contributed by atoms with E-state index in [9.17, 15) is 24.1 Å². The first-order chi connectivity index (χ1) is 12.9. The number of non-ortho nitro benzene ring substituents is 1. The third kappa shape index (κ3) is 6.37. The van der Waals surface area contributed by atoms with E-state index in [1.54, 1.807) is 19.1 Å². The van der Waals surface area contributed by atoms with Gasteiger partial charge in [-0.3, -0.25) is 19.7 Å². The lowest BCUT2D eigenvalue weighted by molar-refractivity contribution is -0.385. The number of rotatable bonds is 8. The van der Waals surface area contributed by atoms with Gasteiger partial charge in [-0.1, -0.05) is 24.3 Å². The maximum Gasteiger partial charge on any atom is 0.316 e. The third-order valence-corrected chi connectivity index (χ3v) is 4.37. The lowest BCUT2D eigenvalue weighted by atomic mass is 10.1. The van der Waals surface area contributed by atoms with Crippen molar-refractivity contribution in [3.63, 3.8) is 0 Å². The number of thioether (sulfide) groups is 1. The summed E-state index contributed by atoms with van der Waals surface area (Å²) in [6.45, 7) is 1.60. The van der Waals surface area contributed by atoms with Crippen molar-refractivity contribution in [1.29, 1.82) is 0 Å². The van der Waals surface area contributed by atoms with Crippen molar-refractivity contribution in [3.8, 4) is 0 Å². The van der Waals surface area contributed by atoms with Crippen molar-refractivity contribution in [3.05, 3.63) is 70.0 Å². The van der Waals surface area contributed by atoms with Gasteiger partial charge in [0, 0.05) is 12.1 Å². The highest BCUT2D eigenvalue weighted by Gasteiger charge is 2.15. The van der Waals surface area contributed by atoms with E-state index >= 15 is 0 Å².